The fourth-order valence-electron chi connectivity index (χ4n) is 2.49. The van der Waals surface area contributed by atoms with Gasteiger partial charge in [0.25, 0.3) is 5.56 Å². The molecule has 2 rings (SSSR count). The van der Waals surface area contributed by atoms with Crippen molar-refractivity contribution in [2.75, 3.05) is 0 Å². The van der Waals surface area contributed by atoms with Crippen molar-refractivity contribution in [2.45, 2.75) is 52.2 Å². The van der Waals surface area contributed by atoms with E-state index >= 15 is 0 Å². The van der Waals surface area contributed by atoms with E-state index in [2.05, 4.69) is 13.8 Å². The highest BCUT2D eigenvalue weighted by molar-refractivity contribution is 5.30. The molecule has 0 spiro atoms. The van der Waals surface area contributed by atoms with Gasteiger partial charge in [-0.15, -0.1) is 0 Å². The minimum Gasteiger partial charge on any atom is -0.391 e. The first-order valence-corrected chi connectivity index (χ1v) is 6.06. The maximum Gasteiger partial charge on any atom is 0.256 e. The van der Waals surface area contributed by atoms with Crippen LogP contribution in [-0.2, 0) is 19.4 Å². The van der Waals surface area contributed by atoms with Gasteiger partial charge in [0, 0.05) is 17.3 Å². The fraction of sp³-hybridized carbons (Fsp3) is 0.615. The van der Waals surface area contributed by atoms with E-state index in [4.69, 9.17) is 0 Å². The van der Waals surface area contributed by atoms with E-state index < -0.39 is 0 Å². The van der Waals surface area contributed by atoms with E-state index in [1.807, 2.05) is 10.6 Å². The van der Waals surface area contributed by atoms with Crippen LogP contribution in [0.1, 0.15) is 49.6 Å². The van der Waals surface area contributed by atoms with Gasteiger partial charge in [-0.05, 0) is 44.2 Å². The van der Waals surface area contributed by atoms with Gasteiger partial charge in [0.1, 0.15) is 0 Å². The second-order valence-corrected chi connectivity index (χ2v) is 4.59. The molecule has 0 fully saturated rings. The molecule has 0 bridgehead atoms. The van der Waals surface area contributed by atoms with Crippen molar-refractivity contribution in [1.29, 1.82) is 0 Å². The number of aryl methyl sites for hydroxylation is 1. The van der Waals surface area contributed by atoms with Crippen LogP contribution in [0.2, 0.25) is 0 Å². The lowest BCUT2D eigenvalue weighted by Crippen LogP contribution is -2.29. The molecule has 0 radical (unpaired) electrons. The smallest absolute Gasteiger partial charge is 0.256 e. The molecule has 1 unspecified atom stereocenters. The summed E-state index contributed by atoms with van der Waals surface area (Å²) in [5.41, 5.74) is 2.99. The zero-order chi connectivity index (χ0) is 11.7. The van der Waals surface area contributed by atoms with Crippen LogP contribution in [0.25, 0.3) is 0 Å². The lowest BCUT2D eigenvalue weighted by Gasteiger charge is -2.19. The molecule has 0 aromatic carbocycles. The predicted octanol–water partition coefficient (Wildman–Crippen LogP) is 1.80. The SMILES string of the molecule is CCC(C)n1c2c(cc(CO)c1=O)CCC2. The standard InChI is InChI=1S/C13H19NO2/c1-3-9(2)14-12-6-4-5-10(12)7-11(8-15)13(14)16/h7,9,15H,3-6,8H2,1-2H3. The van der Waals surface area contributed by atoms with E-state index in [0.717, 1.165) is 25.7 Å². The first kappa shape index (κ1) is 11.4. The van der Waals surface area contributed by atoms with E-state index in [1.54, 1.807) is 0 Å². The van der Waals surface area contributed by atoms with Crippen molar-refractivity contribution in [3.8, 4) is 0 Å². The van der Waals surface area contributed by atoms with E-state index in [-0.39, 0.29) is 18.2 Å². The lowest BCUT2D eigenvalue weighted by atomic mass is 10.1. The second kappa shape index (κ2) is 4.42. The summed E-state index contributed by atoms with van der Waals surface area (Å²) in [6.45, 7) is 4.01. The minimum atomic E-state index is -0.150. The molecule has 1 aromatic rings. The second-order valence-electron chi connectivity index (χ2n) is 4.59. The first-order valence-electron chi connectivity index (χ1n) is 6.06. The average molecular weight is 221 g/mol. The number of aromatic nitrogens is 1. The zero-order valence-corrected chi connectivity index (χ0v) is 9.99. The van der Waals surface area contributed by atoms with Gasteiger partial charge in [-0.3, -0.25) is 4.79 Å². The minimum absolute atomic E-state index is 0.00231. The van der Waals surface area contributed by atoms with Crippen LogP contribution < -0.4 is 5.56 Å². The van der Waals surface area contributed by atoms with Crippen LogP contribution in [0.4, 0.5) is 0 Å². The number of pyridine rings is 1. The highest BCUT2D eigenvalue weighted by Crippen LogP contribution is 2.24. The first-order chi connectivity index (χ1) is 7.69. The molecule has 88 valence electrons. The normalized spacial score (nSPS) is 16.2. The summed E-state index contributed by atoms with van der Waals surface area (Å²) in [4.78, 5) is 12.2. The molecule has 1 aliphatic carbocycles. The number of nitrogens with zero attached hydrogens (tertiary/aromatic N) is 1. The largest absolute Gasteiger partial charge is 0.391 e. The van der Waals surface area contributed by atoms with Gasteiger partial charge in [-0.1, -0.05) is 6.92 Å². The number of rotatable bonds is 3. The van der Waals surface area contributed by atoms with Gasteiger partial charge in [-0.2, -0.15) is 0 Å². The Balaban J connectivity index is 2.64. The summed E-state index contributed by atoms with van der Waals surface area (Å²) < 4.78 is 1.90. The molecule has 16 heavy (non-hydrogen) atoms. The van der Waals surface area contributed by atoms with Gasteiger partial charge < -0.3 is 9.67 Å². The number of fused-ring (bicyclic) bond motifs is 1. The van der Waals surface area contributed by atoms with Gasteiger partial charge in [0.05, 0.1) is 6.61 Å². The van der Waals surface area contributed by atoms with Gasteiger partial charge in [0.15, 0.2) is 0 Å². The monoisotopic (exact) mass is 221 g/mol. The Morgan fingerprint density at radius 2 is 2.25 bits per heavy atom. The summed E-state index contributed by atoms with van der Waals surface area (Å²) >= 11 is 0. The predicted molar refractivity (Wildman–Crippen MR) is 63.7 cm³/mol. The van der Waals surface area contributed by atoms with Gasteiger partial charge in [0.2, 0.25) is 0 Å². The van der Waals surface area contributed by atoms with Crippen molar-refractivity contribution in [3.63, 3.8) is 0 Å². The molecule has 3 heteroatoms. The van der Waals surface area contributed by atoms with E-state index in [1.165, 1.54) is 11.3 Å². The number of aliphatic hydroxyl groups is 1. The average Bonchev–Trinajstić information content (AvgIpc) is 2.74. The maximum atomic E-state index is 12.2. The molecule has 3 nitrogen and oxygen atoms in total. The Morgan fingerprint density at radius 1 is 1.50 bits per heavy atom. The molecule has 0 saturated heterocycles. The molecule has 1 heterocycles. The van der Waals surface area contributed by atoms with Crippen molar-refractivity contribution >= 4 is 0 Å². The Morgan fingerprint density at radius 3 is 2.88 bits per heavy atom. The summed E-state index contributed by atoms with van der Waals surface area (Å²) in [7, 11) is 0. The summed E-state index contributed by atoms with van der Waals surface area (Å²) in [6.07, 6.45) is 4.11. The molecular formula is C13H19NO2. The Hall–Kier alpha value is -1.09. The molecular weight excluding hydrogens is 202 g/mol. The van der Waals surface area contributed by atoms with Crippen LogP contribution in [0.3, 0.4) is 0 Å². The highest BCUT2D eigenvalue weighted by atomic mass is 16.3. The molecule has 1 N–H and O–H groups in total. The van der Waals surface area contributed by atoms with Gasteiger partial charge in [-0.25, -0.2) is 0 Å². The number of hydrogen-bond acceptors (Lipinski definition) is 2. The van der Waals surface area contributed by atoms with Crippen molar-refractivity contribution in [1.82, 2.24) is 4.57 Å². The summed E-state index contributed by atoms with van der Waals surface area (Å²) in [5.74, 6) is 0. The molecule has 1 aromatic heterocycles. The Labute approximate surface area is 95.7 Å². The summed E-state index contributed by atoms with van der Waals surface area (Å²) in [6, 6.07) is 2.12. The molecule has 0 amide bonds. The van der Waals surface area contributed by atoms with Crippen molar-refractivity contribution in [3.05, 3.63) is 33.2 Å². The zero-order valence-electron chi connectivity index (χ0n) is 9.99. The fourth-order valence-corrected chi connectivity index (χ4v) is 2.49. The van der Waals surface area contributed by atoms with Crippen LogP contribution in [0.15, 0.2) is 10.9 Å². The quantitative estimate of drug-likeness (QED) is 0.845. The van der Waals surface area contributed by atoms with Crippen molar-refractivity contribution < 1.29 is 5.11 Å². The maximum absolute atomic E-state index is 12.2. The molecule has 1 aliphatic rings. The van der Waals surface area contributed by atoms with Crippen LogP contribution in [-0.4, -0.2) is 9.67 Å². The third-order valence-electron chi connectivity index (χ3n) is 3.57. The number of hydrogen-bond donors (Lipinski definition) is 1. The molecule has 0 saturated carbocycles. The van der Waals surface area contributed by atoms with Crippen LogP contribution in [0, 0.1) is 0 Å². The van der Waals surface area contributed by atoms with E-state index in [0.29, 0.717) is 5.56 Å². The van der Waals surface area contributed by atoms with Gasteiger partial charge >= 0.3 is 0 Å². The summed E-state index contributed by atoms with van der Waals surface area (Å²) in [5, 5.41) is 9.22. The van der Waals surface area contributed by atoms with Crippen LogP contribution >= 0.6 is 0 Å². The highest BCUT2D eigenvalue weighted by Gasteiger charge is 2.20. The van der Waals surface area contributed by atoms with Crippen LogP contribution in [0.5, 0.6) is 0 Å². The molecule has 0 aliphatic heterocycles. The number of aliphatic hydroxyl groups excluding tert-OH is 1. The lowest BCUT2D eigenvalue weighted by molar-refractivity contribution is 0.278. The van der Waals surface area contributed by atoms with Crippen molar-refractivity contribution in [2.24, 2.45) is 0 Å². The Kier molecular flexibility index (Phi) is 3.15. The topological polar surface area (TPSA) is 42.2 Å². The third kappa shape index (κ3) is 1.69. The third-order valence-corrected chi connectivity index (χ3v) is 3.57. The molecule has 1 atom stereocenters. The van der Waals surface area contributed by atoms with E-state index in [9.17, 15) is 9.90 Å². The Bertz CT molecular complexity index is 448.